The molecule has 2 N–H and O–H groups in total. The molecule has 0 atom stereocenters. The molecule has 0 unspecified atom stereocenters. The maximum absolute atomic E-state index is 11.8. The number of H-pyrrole nitrogens is 1. The summed E-state index contributed by atoms with van der Waals surface area (Å²) in [4.78, 5) is 25.3. The third-order valence-electron chi connectivity index (χ3n) is 2.91. The van der Waals surface area contributed by atoms with E-state index in [1.807, 2.05) is 0 Å². The minimum atomic E-state index is -1.02. The summed E-state index contributed by atoms with van der Waals surface area (Å²) in [7, 11) is 1.59. The van der Waals surface area contributed by atoms with Crippen molar-refractivity contribution in [3.05, 3.63) is 34.2 Å². The predicted molar refractivity (Wildman–Crippen MR) is 72.2 cm³/mol. The van der Waals surface area contributed by atoms with Crippen LogP contribution in [0.2, 0.25) is 0 Å². The number of carbonyl (C=O) groups is 1. The highest BCUT2D eigenvalue weighted by molar-refractivity contribution is 5.92. The zero-order chi connectivity index (χ0) is 14.5. The van der Waals surface area contributed by atoms with Gasteiger partial charge in [-0.25, -0.2) is 9.59 Å². The van der Waals surface area contributed by atoms with Gasteiger partial charge in [0.2, 0.25) is 0 Å². The summed E-state index contributed by atoms with van der Waals surface area (Å²) in [6.07, 6.45) is 0. The Kier molecular flexibility index (Phi) is 4.54. The number of ether oxygens (including phenoxy) is 2. The van der Waals surface area contributed by atoms with E-state index in [1.165, 1.54) is 16.7 Å². The lowest BCUT2D eigenvalue weighted by Gasteiger charge is -2.05. The Morgan fingerprint density at radius 2 is 2.15 bits per heavy atom. The van der Waals surface area contributed by atoms with Crippen LogP contribution in [0.1, 0.15) is 10.4 Å². The SMILES string of the molecule is COCCOCCn1c(=O)[nH]c2cc(C(=O)O)ccc21. The van der Waals surface area contributed by atoms with Crippen molar-refractivity contribution in [2.45, 2.75) is 6.54 Å². The van der Waals surface area contributed by atoms with Crippen LogP contribution in [0.25, 0.3) is 11.0 Å². The number of rotatable bonds is 7. The second-order valence-corrected chi connectivity index (χ2v) is 4.22. The minimum Gasteiger partial charge on any atom is -0.478 e. The second-order valence-electron chi connectivity index (χ2n) is 4.22. The molecule has 1 aromatic carbocycles. The lowest BCUT2D eigenvalue weighted by Crippen LogP contribution is -2.20. The number of aromatic nitrogens is 2. The molecule has 0 radical (unpaired) electrons. The van der Waals surface area contributed by atoms with Gasteiger partial charge in [-0.1, -0.05) is 0 Å². The first-order chi connectivity index (χ1) is 9.63. The summed E-state index contributed by atoms with van der Waals surface area (Å²) in [6.45, 7) is 1.76. The van der Waals surface area contributed by atoms with E-state index in [9.17, 15) is 9.59 Å². The van der Waals surface area contributed by atoms with Crippen LogP contribution in [-0.2, 0) is 16.0 Å². The number of fused-ring (bicyclic) bond motifs is 1. The fraction of sp³-hybridized carbons (Fsp3) is 0.385. The van der Waals surface area contributed by atoms with Crippen molar-refractivity contribution in [3.8, 4) is 0 Å². The van der Waals surface area contributed by atoms with E-state index in [0.717, 1.165) is 0 Å². The fourth-order valence-corrected chi connectivity index (χ4v) is 1.92. The van der Waals surface area contributed by atoms with Crippen molar-refractivity contribution in [1.29, 1.82) is 0 Å². The minimum absolute atomic E-state index is 0.141. The first-order valence-corrected chi connectivity index (χ1v) is 6.16. The van der Waals surface area contributed by atoms with Crippen molar-refractivity contribution < 1.29 is 19.4 Å². The second kappa shape index (κ2) is 6.36. The summed E-state index contributed by atoms with van der Waals surface area (Å²) < 4.78 is 11.7. The number of carboxylic acids is 1. The van der Waals surface area contributed by atoms with Gasteiger partial charge in [-0.15, -0.1) is 0 Å². The van der Waals surface area contributed by atoms with Crippen LogP contribution >= 0.6 is 0 Å². The number of imidazole rings is 1. The zero-order valence-corrected chi connectivity index (χ0v) is 11.1. The van der Waals surface area contributed by atoms with Crippen LogP contribution in [0.15, 0.2) is 23.0 Å². The van der Waals surface area contributed by atoms with E-state index in [4.69, 9.17) is 14.6 Å². The monoisotopic (exact) mass is 280 g/mol. The lowest BCUT2D eigenvalue weighted by molar-refractivity contribution is 0.0667. The molecular formula is C13H16N2O5. The normalized spacial score (nSPS) is 11.1. The number of aromatic carboxylic acids is 1. The van der Waals surface area contributed by atoms with Crippen LogP contribution in [-0.4, -0.2) is 47.6 Å². The van der Waals surface area contributed by atoms with Gasteiger partial charge in [0.15, 0.2) is 0 Å². The first-order valence-electron chi connectivity index (χ1n) is 6.16. The molecule has 0 aliphatic heterocycles. The average Bonchev–Trinajstić information content (AvgIpc) is 2.73. The highest BCUT2D eigenvalue weighted by Gasteiger charge is 2.09. The number of benzene rings is 1. The topological polar surface area (TPSA) is 93.5 Å². The summed E-state index contributed by atoms with van der Waals surface area (Å²) in [5, 5.41) is 8.91. The van der Waals surface area contributed by atoms with Crippen LogP contribution < -0.4 is 5.69 Å². The van der Waals surface area contributed by atoms with Gasteiger partial charge >= 0.3 is 11.7 Å². The molecule has 0 saturated heterocycles. The first kappa shape index (κ1) is 14.3. The Morgan fingerprint density at radius 1 is 1.35 bits per heavy atom. The number of nitrogens with zero attached hydrogens (tertiary/aromatic N) is 1. The van der Waals surface area contributed by atoms with Gasteiger partial charge in [-0.3, -0.25) is 4.57 Å². The van der Waals surface area contributed by atoms with E-state index in [2.05, 4.69) is 4.98 Å². The third-order valence-corrected chi connectivity index (χ3v) is 2.91. The number of aromatic amines is 1. The van der Waals surface area contributed by atoms with Gasteiger partial charge in [0.1, 0.15) is 0 Å². The largest absolute Gasteiger partial charge is 0.478 e. The van der Waals surface area contributed by atoms with Crippen molar-refractivity contribution in [1.82, 2.24) is 9.55 Å². The summed E-state index contributed by atoms with van der Waals surface area (Å²) in [5.74, 6) is -1.02. The lowest BCUT2D eigenvalue weighted by atomic mass is 10.2. The van der Waals surface area contributed by atoms with Crippen LogP contribution in [0.4, 0.5) is 0 Å². The molecular weight excluding hydrogens is 264 g/mol. The van der Waals surface area contributed by atoms with Gasteiger partial charge in [-0.05, 0) is 18.2 Å². The van der Waals surface area contributed by atoms with Gasteiger partial charge in [0.25, 0.3) is 0 Å². The van der Waals surface area contributed by atoms with Gasteiger partial charge in [-0.2, -0.15) is 0 Å². The maximum atomic E-state index is 11.8. The molecule has 1 heterocycles. The average molecular weight is 280 g/mol. The van der Waals surface area contributed by atoms with Gasteiger partial charge in [0.05, 0.1) is 43.0 Å². The summed E-state index contributed by atoms with van der Waals surface area (Å²) in [6, 6.07) is 4.54. The van der Waals surface area contributed by atoms with Crippen LogP contribution in [0.5, 0.6) is 0 Å². The van der Waals surface area contributed by atoms with Crippen LogP contribution in [0, 0.1) is 0 Å². The molecule has 0 bridgehead atoms. The van der Waals surface area contributed by atoms with E-state index in [-0.39, 0.29) is 11.3 Å². The molecule has 0 aliphatic rings. The Labute approximate surface area is 114 Å². The molecule has 0 spiro atoms. The van der Waals surface area contributed by atoms with E-state index >= 15 is 0 Å². The molecule has 0 amide bonds. The molecule has 2 rings (SSSR count). The molecule has 0 aliphatic carbocycles. The van der Waals surface area contributed by atoms with Gasteiger partial charge in [0, 0.05) is 7.11 Å². The quantitative estimate of drug-likeness (QED) is 0.728. The number of hydrogen-bond donors (Lipinski definition) is 2. The van der Waals surface area contributed by atoms with E-state index < -0.39 is 5.97 Å². The molecule has 2 aromatic rings. The zero-order valence-electron chi connectivity index (χ0n) is 11.1. The Hall–Kier alpha value is -2.12. The van der Waals surface area contributed by atoms with Crippen molar-refractivity contribution in [2.24, 2.45) is 0 Å². The Bertz CT molecular complexity index is 658. The molecule has 7 heteroatoms. The van der Waals surface area contributed by atoms with Crippen molar-refractivity contribution in [3.63, 3.8) is 0 Å². The standard InChI is InChI=1S/C13H16N2O5/c1-19-6-7-20-5-4-15-11-3-2-9(12(16)17)8-10(11)14-13(15)18/h2-3,8H,4-7H2,1H3,(H,14,18)(H,16,17). The molecule has 108 valence electrons. The van der Waals surface area contributed by atoms with Crippen molar-refractivity contribution >= 4 is 17.0 Å². The number of hydrogen-bond acceptors (Lipinski definition) is 4. The van der Waals surface area contributed by atoms with Gasteiger partial charge < -0.3 is 19.6 Å². The number of methoxy groups -OCH3 is 1. The van der Waals surface area contributed by atoms with Crippen molar-refractivity contribution in [2.75, 3.05) is 26.9 Å². The third kappa shape index (κ3) is 3.06. The summed E-state index contributed by atoms with van der Waals surface area (Å²) in [5.41, 5.74) is 1.03. The number of carboxylic acid groups (broad SMARTS) is 1. The Morgan fingerprint density at radius 3 is 2.85 bits per heavy atom. The highest BCUT2D eigenvalue weighted by Crippen LogP contribution is 2.12. The molecule has 0 fully saturated rings. The van der Waals surface area contributed by atoms with E-state index in [0.29, 0.717) is 37.4 Å². The van der Waals surface area contributed by atoms with E-state index in [1.54, 1.807) is 13.2 Å². The van der Waals surface area contributed by atoms with Crippen LogP contribution in [0.3, 0.4) is 0 Å². The molecule has 0 saturated carbocycles. The number of nitrogens with one attached hydrogen (secondary N) is 1. The summed E-state index contributed by atoms with van der Waals surface area (Å²) >= 11 is 0. The smallest absolute Gasteiger partial charge is 0.335 e. The molecule has 7 nitrogen and oxygen atoms in total. The fourth-order valence-electron chi connectivity index (χ4n) is 1.92. The maximum Gasteiger partial charge on any atom is 0.335 e. The molecule has 20 heavy (non-hydrogen) atoms. The Balaban J connectivity index is 2.15. The molecule has 1 aromatic heterocycles. The predicted octanol–water partition coefficient (Wildman–Crippen LogP) is 0.691. The highest BCUT2D eigenvalue weighted by atomic mass is 16.5.